The maximum atomic E-state index is 10.9. The van der Waals surface area contributed by atoms with E-state index in [1.165, 1.54) is 6.20 Å². The summed E-state index contributed by atoms with van der Waals surface area (Å²) in [5, 5.41) is 16.7. The zero-order valence-electron chi connectivity index (χ0n) is 10.6. The van der Waals surface area contributed by atoms with E-state index in [0.717, 1.165) is 12.2 Å². The molecular weight excluding hydrogens is 254 g/mol. The van der Waals surface area contributed by atoms with Gasteiger partial charge in [0.1, 0.15) is 6.20 Å². The molecule has 0 saturated carbocycles. The van der Waals surface area contributed by atoms with Gasteiger partial charge < -0.3 is 10.6 Å². The van der Waals surface area contributed by atoms with Gasteiger partial charge in [0.25, 0.3) is 0 Å². The lowest BCUT2D eigenvalue weighted by Crippen LogP contribution is -2.18. The van der Waals surface area contributed by atoms with Crippen molar-refractivity contribution in [2.45, 2.75) is 19.4 Å². The SMILES string of the molecule is CNc1ncc([N+](=O)[O-])c(NC(C)CCSC)n1. The molecule has 0 aliphatic carbocycles. The van der Waals surface area contributed by atoms with E-state index in [2.05, 4.69) is 20.6 Å². The average molecular weight is 271 g/mol. The van der Waals surface area contributed by atoms with Crippen LogP contribution in [0.4, 0.5) is 17.5 Å². The fraction of sp³-hybridized carbons (Fsp3) is 0.600. The van der Waals surface area contributed by atoms with Crippen molar-refractivity contribution in [2.75, 3.05) is 29.7 Å². The van der Waals surface area contributed by atoms with E-state index in [1.54, 1.807) is 18.8 Å². The summed E-state index contributed by atoms with van der Waals surface area (Å²) in [6.07, 6.45) is 4.15. The number of thioether (sulfide) groups is 1. The Bertz CT molecular complexity index is 415. The van der Waals surface area contributed by atoms with Gasteiger partial charge in [-0.1, -0.05) is 0 Å². The lowest BCUT2D eigenvalue weighted by atomic mass is 10.2. The molecule has 1 aromatic heterocycles. The van der Waals surface area contributed by atoms with Crippen LogP contribution in [0.15, 0.2) is 6.20 Å². The third-order valence-corrected chi connectivity index (χ3v) is 2.97. The Hall–Kier alpha value is -1.57. The summed E-state index contributed by atoms with van der Waals surface area (Å²) < 4.78 is 0. The van der Waals surface area contributed by atoms with Gasteiger partial charge in [0.05, 0.1) is 4.92 Å². The summed E-state index contributed by atoms with van der Waals surface area (Å²) >= 11 is 1.74. The van der Waals surface area contributed by atoms with Crippen molar-refractivity contribution in [3.63, 3.8) is 0 Å². The molecular formula is C10H17N5O2S. The maximum Gasteiger partial charge on any atom is 0.329 e. The number of aromatic nitrogens is 2. The predicted octanol–water partition coefficient (Wildman–Crippen LogP) is 1.98. The molecule has 1 rings (SSSR count). The largest absolute Gasteiger partial charge is 0.362 e. The summed E-state index contributed by atoms with van der Waals surface area (Å²) in [4.78, 5) is 18.3. The zero-order chi connectivity index (χ0) is 13.5. The van der Waals surface area contributed by atoms with Gasteiger partial charge in [-0.2, -0.15) is 16.7 Å². The van der Waals surface area contributed by atoms with E-state index in [1.807, 2.05) is 13.2 Å². The van der Waals surface area contributed by atoms with Crippen LogP contribution in [-0.2, 0) is 0 Å². The van der Waals surface area contributed by atoms with Crippen molar-refractivity contribution < 1.29 is 4.92 Å². The smallest absolute Gasteiger partial charge is 0.329 e. The van der Waals surface area contributed by atoms with Crippen molar-refractivity contribution >= 4 is 29.2 Å². The van der Waals surface area contributed by atoms with Gasteiger partial charge in [0.15, 0.2) is 0 Å². The van der Waals surface area contributed by atoms with Gasteiger partial charge in [-0.15, -0.1) is 0 Å². The zero-order valence-corrected chi connectivity index (χ0v) is 11.5. The Morgan fingerprint density at radius 2 is 2.33 bits per heavy atom. The third-order valence-electron chi connectivity index (χ3n) is 2.33. The molecule has 0 aliphatic rings. The molecule has 100 valence electrons. The number of nitrogens with one attached hydrogen (secondary N) is 2. The van der Waals surface area contributed by atoms with Gasteiger partial charge in [-0.3, -0.25) is 10.1 Å². The molecule has 2 N–H and O–H groups in total. The normalized spacial score (nSPS) is 11.9. The standard InChI is InChI=1S/C10H17N5O2S/c1-7(4-5-18-3)13-9-8(15(16)17)6-12-10(11-2)14-9/h6-7H,4-5H2,1-3H3,(H2,11,12,13,14). The second-order valence-corrected chi connectivity index (χ2v) is 4.75. The predicted molar refractivity (Wildman–Crippen MR) is 74.3 cm³/mol. The Kier molecular flexibility index (Phi) is 5.63. The van der Waals surface area contributed by atoms with Crippen molar-refractivity contribution in [2.24, 2.45) is 0 Å². The van der Waals surface area contributed by atoms with Crippen LogP contribution in [0.2, 0.25) is 0 Å². The molecule has 18 heavy (non-hydrogen) atoms. The molecule has 1 atom stereocenters. The first-order valence-electron chi connectivity index (χ1n) is 5.53. The molecule has 1 unspecified atom stereocenters. The van der Waals surface area contributed by atoms with E-state index in [-0.39, 0.29) is 17.5 Å². The van der Waals surface area contributed by atoms with E-state index < -0.39 is 4.92 Å². The van der Waals surface area contributed by atoms with E-state index in [9.17, 15) is 10.1 Å². The minimum absolute atomic E-state index is 0.106. The molecule has 1 heterocycles. The fourth-order valence-electron chi connectivity index (χ4n) is 1.34. The first kappa shape index (κ1) is 14.5. The van der Waals surface area contributed by atoms with Crippen LogP contribution in [0.25, 0.3) is 0 Å². The Morgan fingerprint density at radius 3 is 2.89 bits per heavy atom. The van der Waals surface area contributed by atoms with Crippen LogP contribution >= 0.6 is 11.8 Å². The highest BCUT2D eigenvalue weighted by Crippen LogP contribution is 2.23. The number of hydrogen-bond donors (Lipinski definition) is 2. The van der Waals surface area contributed by atoms with Gasteiger partial charge >= 0.3 is 5.69 Å². The Morgan fingerprint density at radius 1 is 1.61 bits per heavy atom. The Balaban J connectivity index is 2.86. The molecule has 0 aliphatic heterocycles. The average Bonchev–Trinajstić information content (AvgIpc) is 2.35. The summed E-state index contributed by atoms with van der Waals surface area (Å²) in [6.45, 7) is 1.97. The van der Waals surface area contributed by atoms with Crippen LogP contribution in [-0.4, -0.2) is 40.0 Å². The quantitative estimate of drug-likeness (QED) is 0.578. The van der Waals surface area contributed by atoms with E-state index in [0.29, 0.717) is 5.95 Å². The summed E-state index contributed by atoms with van der Waals surface area (Å²) in [6, 6.07) is 0.121. The molecule has 8 heteroatoms. The molecule has 7 nitrogen and oxygen atoms in total. The van der Waals surface area contributed by atoms with Crippen LogP contribution in [0.5, 0.6) is 0 Å². The van der Waals surface area contributed by atoms with Crippen LogP contribution in [0.3, 0.4) is 0 Å². The van der Waals surface area contributed by atoms with Crippen molar-refractivity contribution in [1.29, 1.82) is 0 Å². The number of hydrogen-bond acceptors (Lipinski definition) is 7. The number of nitrogens with zero attached hydrogens (tertiary/aromatic N) is 3. The highest BCUT2D eigenvalue weighted by atomic mass is 32.2. The second kappa shape index (κ2) is 7.00. The van der Waals surface area contributed by atoms with Crippen LogP contribution < -0.4 is 10.6 Å². The minimum Gasteiger partial charge on any atom is -0.362 e. The monoisotopic (exact) mass is 271 g/mol. The summed E-state index contributed by atoms with van der Waals surface area (Å²) in [7, 11) is 1.67. The highest BCUT2D eigenvalue weighted by Gasteiger charge is 2.18. The van der Waals surface area contributed by atoms with E-state index >= 15 is 0 Å². The first-order chi connectivity index (χ1) is 8.58. The lowest BCUT2D eigenvalue weighted by Gasteiger charge is -2.14. The molecule has 0 saturated heterocycles. The van der Waals surface area contributed by atoms with Gasteiger partial charge in [0, 0.05) is 13.1 Å². The highest BCUT2D eigenvalue weighted by molar-refractivity contribution is 7.98. The third kappa shape index (κ3) is 4.02. The molecule has 0 bridgehead atoms. The fourth-order valence-corrected chi connectivity index (χ4v) is 1.93. The number of nitro groups is 1. The molecule has 0 aromatic carbocycles. The first-order valence-corrected chi connectivity index (χ1v) is 6.92. The lowest BCUT2D eigenvalue weighted by molar-refractivity contribution is -0.384. The molecule has 1 aromatic rings. The molecule has 0 spiro atoms. The molecule has 0 fully saturated rings. The van der Waals surface area contributed by atoms with Gasteiger partial charge in [0.2, 0.25) is 11.8 Å². The van der Waals surface area contributed by atoms with Crippen LogP contribution in [0, 0.1) is 10.1 Å². The van der Waals surface area contributed by atoms with Gasteiger partial charge in [-0.05, 0) is 25.4 Å². The second-order valence-electron chi connectivity index (χ2n) is 3.76. The van der Waals surface area contributed by atoms with Crippen molar-refractivity contribution in [1.82, 2.24) is 9.97 Å². The van der Waals surface area contributed by atoms with Crippen molar-refractivity contribution in [3.8, 4) is 0 Å². The number of anilines is 2. The van der Waals surface area contributed by atoms with Crippen molar-refractivity contribution in [3.05, 3.63) is 16.3 Å². The Labute approximate surface area is 110 Å². The topological polar surface area (TPSA) is 93.0 Å². The summed E-state index contributed by atoms with van der Waals surface area (Å²) in [5.74, 6) is 1.61. The van der Waals surface area contributed by atoms with Crippen LogP contribution in [0.1, 0.15) is 13.3 Å². The van der Waals surface area contributed by atoms with Gasteiger partial charge in [-0.25, -0.2) is 4.98 Å². The summed E-state index contributed by atoms with van der Waals surface area (Å²) in [5.41, 5.74) is -0.106. The minimum atomic E-state index is -0.483. The molecule has 0 amide bonds. The van der Waals surface area contributed by atoms with E-state index in [4.69, 9.17) is 0 Å². The molecule has 0 radical (unpaired) electrons. The number of rotatable bonds is 7. The maximum absolute atomic E-state index is 10.9.